The second-order valence-electron chi connectivity index (χ2n) is 6.79. The zero-order valence-electron chi connectivity index (χ0n) is 18.1. The topological polar surface area (TPSA) is 102 Å². The van der Waals surface area contributed by atoms with E-state index < -0.39 is 26.5 Å². The number of esters is 1. The van der Waals surface area contributed by atoms with E-state index in [1.165, 1.54) is 6.92 Å². The number of rotatable bonds is 20. The number of ether oxygens (including phenoxy) is 1. The minimum absolute atomic E-state index is 0.287. The van der Waals surface area contributed by atoms with Crippen molar-refractivity contribution in [2.45, 2.75) is 77.2 Å². The molecule has 8 heteroatoms. The van der Waals surface area contributed by atoms with Crippen molar-refractivity contribution in [3.63, 3.8) is 0 Å². The van der Waals surface area contributed by atoms with E-state index in [1.807, 2.05) is 6.08 Å². The Kier molecular flexibility index (Phi) is 18.7. The lowest BCUT2D eigenvalue weighted by Crippen LogP contribution is -2.23. The van der Waals surface area contributed by atoms with Crippen molar-refractivity contribution < 1.29 is 33.1 Å². The molecule has 0 aliphatic heterocycles. The van der Waals surface area contributed by atoms with Gasteiger partial charge in [0.1, 0.15) is 19.6 Å². The number of allylic oxidation sites excluding steroid dienone is 5. The van der Waals surface area contributed by atoms with Gasteiger partial charge < -0.3 is 14.7 Å². The molecule has 0 aromatic rings. The monoisotopic (exact) mass is 445 g/mol. The van der Waals surface area contributed by atoms with Gasteiger partial charge in [-0.05, 0) is 38.5 Å². The third-order valence-electron chi connectivity index (χ3n) is 4.00. The summed E-state index contributed by atoms with van der Waals surface area (Å²) in [6.45, 7) is 5.39. The van der Waals surface area contributed by atoms with Crippen LogP contribution in [0.25, 0.3) is 0 Å². The summed E-state index contributed by atoms with van der Waals surface area (Å²) in [7, 11) is -4.21. The molecule has 0 radical (unpaired) electrons. The van der Waals surface area contributed by atoms with Crippen LogP contribution in [-0.2, 0) is 23.1 Å². The molecule has 7 nitrogen and oxygen atoms in total. The number of phosphoric acid groups is 1. The van der Waals surface area contributed by atoms with Crippen LogP contribution in [0.3, 0.4) is 0 Å². The second-order valence-corrected chi connectivity index (χ2v) is 8.20. The zero-order valence-corrected chi connectivity index (χ0v) is 19.0. The van der Waals surface area contributed by atoms with Gasteiger partial charge in [0, 0.05) is 6.42 Å². The van der Waals surface area contributed by atoms with E-state index in [0.29, 0.717) is 0 Å². The molecule has 0 spiro atoms. The Morgan fingerprint density at radius 3 is 2.40 bits per heavy atom. The Bertz CT molecular complexity index is 546. The van der Waals surface area contributed by atoms with Crippen LogP contribution in [0.1, 0.15) is 71.1 Å². The first kappa shape index (κ1) is 28.6. The van der Waals surface area contributed by atoms with Gasteiger partial charge in [0.2, 0.25) is 6.61 Å². The van der Waals surface area contributed by atoms with Crippen LogP contribution in [0.5, 0.6) is 0 Å². The van der Waals surface area contributed by atoms with Gasteiger partial charge in [-0.25, -0.2) is 4.57 Å². The number of unbranched alkanes of at least 4 members (excludes halogenated alkanes) is 6. The largest absolute Gasteiger partial charge is 0.512 e. The summed E-state index contributed by atoms with van der Waals surface area (Å²) in [4.78, 5) is 20.8. The lowest BCUT2D eigenvalue weighted by atomic mass is 10.1. The van der Waals surface area contributed by atoms with Gasteiger partial charge in [0.05, 0.1) is 6.61 Å². The molecule has 172 valence electrons. The molecule has 0 fully saturated rings. The number of aliphatic hydroxyl groups excluding tert-OH is 1. The number of carbonyl (C=O) groups excluding carboxylic acids is 1. The van der Waals surface area contributed by atoms with Gasteiger partial charge in [0.15, 0.2) is 0 Å². The smallest absolute Gasteiger partial charge is 0.463 e. The maximum absolute atomic E-state index is 11.6. The summed E-state index contributed by atoms with van der Waals surface area (Å²) < 4.78 is 25.1. The number of aliphatic hydroxyl groups is 1. The average Bonchev–Trinajstić information content (AvgIpc) is 2.71. The second kappa shape index (κ2) is 19.6. The molecule has 0 rings (SSSR count). The molecule has 0 saturated carbocycles. The molecular weight excluding hydrogens is 407 g/mol. The molecule has 0 aromatic carbocycles. The van der Waals surface area contributed by atoms with Crippen molar-refractivity contribution in [3.05, 3.63) is 43.6 Å². The van der Waals surface area contributed by atoms with Crippen molar-refractivity contribution in [1.82, 2.24) is 0 Å². The molecular formula is C22H38O7P+. The van der Waals surface area contributed by atoms with Crippen molar-refractivity contribution >= 4 is 13.8 Å². The maximum Gasteiger partial charge on any atom is 0.512 e. The Morgan fingerprint density at radius 2 is 1.70 bits per heavy atom. The van der Waals surface area contributed by atoms with Gasteiger partial charge >= 0.3 is 13.8 Å². The normalized spacial score (nSPS) is 14.6. The standard InChI is InChI=1S/C22H37O7P/c1-3-5-6-7-8-9-10-11-12-13-14-15-16-17-18-22(24)27-19-21(23)20-29-30(25,26)28-4-2/h3-4,7-8,10-11,21,23H,1,5-6,9,12-20H2,2H3/p+1/b8-7+,11-10+. The fourth-order valence-electron chi connectivity index (χ4n) is 2.44. The van der Waals surface area contributed by atoms with Gasteiger partial charge in [-0.3, -0.25) is 9.32 Å². The summed E-state index contributed by atoms with van der Waals surface area (Å²) in [6, 6.07) is 0. The molecule has 2 unspecified atom stereocenters. The quantitative estimate of drug-likeness (QED) is 0.0850. The van der Waals surface area contributed by atoms with Crippen LogP contribution >= 0.6 is 7.82 Å². The third kappa shape index (κ3) is 19.9. The first-order valence-corrected chi connectivity index (χ1v) is 12.1. The summed E-state index contributed by atoms with van der Waals surface area (Å²) in [5.74, 6) is -0.400. The fourth-order valence-corrected chi connectivity index (χ4v) is 3.12. The molecule has 30 heavy (non-hydrogen) atoms. The highest BCUT2D eigenvalue weighted by Crippen LogP contribution is 2.43. The Hall–Kier alpha value is -1.37. The van der Waals surface area contributed by atoms with Crippen molar-refractivity contribution in [2.24, 2.45) is 0 Å². The van der Waals surface area contributed by atoms with Crippen molar-refractivity contribution in [1.29, 1.82) is 0 Å². The summed E-state index contributed by atoms with van der Waals surface area (Å²) in [6.07, 6.45) is 18.9. The zero-order chi connectivity index (χ0) is 22.5. The van der Waals surface area contributed by atoms with Crippen LogP contribution < -0.4 is 0 Å². The van der Waals surface area contributed by atoms with Crippen molar-refractivity contribution in [3.8, 4) is 0 Å². The molecule has 0 aliphatic carbocycles. The first-order chi connectivity index (χ1) is 14.4. The highest BCUT2D eigenvalue weighted by Gasteiger charge is 2.27. The van der Waals surface area contributed by atoms with Gasteiger partial charge in [-0.15, -0.1) is 6.58 Å². The van der Waals surface area contributed by atoms with Crippen LogP contribution in [-0.4, -0.2) is 35.3 Å². The number of hydrogen-bond acceptors (Lipinski definition) is 6. The highest BCUT2D eigenvalue weighted by molar-refractivity contribution is 7.47. The molecule has 0 bridgehead atoms. The molecule has 0 heterocycles. The molecule has 2 atom stereocenters. The first-order valence-electron chi connectivity index (χ1n) is 10.6. The highest BCUT2D eigenvalue weighted by atomic mass is 31.2. The van der Waals surface area contributed by atoms with E-state index >= 15 is 0 Å². The molecule has 0 saturated heterocycles. The van der Waals surface area contributed by atoms with E-state index in [1.54, 1.807) is 0 Å². The average molecular weight is 446 g/mol. The van der Waals surface area contributed by atoms with Crippen molar-refractivity contribution in [2.75, 3.05) is 13.2 Å². The van der Waals surface area contributed by atoms with Crippen LogP contribution in [0, 0.1) is 6.61 Å². The minimum atomic E-state index is -4.21. The van der Waals surface area contributed by atoms with Gasteiger partial charge in [-0.1, -0.05) is 54.2 Å². The van der Waals surface area contributed by atoms with E-state index in [-0.39, 0.29) is 13.0 Å². The number of hydrogen-bond donors (Lipinski definition) is 2. The van der Waals surface area contributed by atoms with E-state index in [0.717, 1.165) is 64.4 Å². The Labute approximate surface area is 181 Å². The molecule has 0 aromatic heterocycles. The Morgan fingerprint density at radius 1 is 1.03 bits per heavy atom. The van der Waals surface area contributed by atoms with Crippen LogP contribution in [0.2, 0.25) is 0 Å². The fraction of sp³-hybridized carbons (Fsp3) is 0.636. The van der Waals surface area contributed by atoms with Gasteiger partial charge in [0.25, 0.3) is 0 Å². The molecule has 0 amide bonds. The number of phosphoric ester groups is 1. The van der Waals surface area contributed by atoms with E-state index in [9.17, 15) is 19.4 Å². The lowest BCUT2D eigenvalue weighted by molar-refractivity contribution is -0.147. The van der Waals surface area contributed by atoms with E-state index in [4.69, 9.17) is 4.74 Å². The lowest BCUT2D eigenvalue weighted by Gasteiger charge is -2.12. The maximum atomic E-state index is 11.6. The minimum Gasteiger partial charge on any atom is -0.463 e. The van der Waals surface area contributed by atoms with E-state index in [2.05, 4.69) is 39.9 Å². The van der Waals surface area contributed by atoms with Crippen LogP contribution in [0.4, 0.5) is 0 Å². The number of carbonyl (C=O) groups is 1. The summed E-state index contributed by atoms with van der Waals surface area (Å²) >= 11 is 0. The molecule has 2 N–H and O–H groups in total. The van der Waals surface area contributed by atoms with Gasteiger partial charge in [-0.2, -0.15) is 0 Å². The van der Waals surface area contributed by atoms with Crippen LogP contribution in [0.15, 0.2) is 37.0 Å². The molecule has 0 aliphatic rings. The Balaban J connectivity index is 3.54. The predicted octanol–water partition coefficient (Wildman–Crippen LogP) is 5.41. The third-order valence-corrected chi connectivity index (χ3v) is 4.95. The summed E-state index contributed by atoms with van der Waals surface area (Å²) in [5, 5.41) is 9.61. The SMILES string of the molecule is C=CCC/C=C/C/C=C/CCCCCCCC(=O)OCC(O)COP(=O)(O)O[CH+]C. The summed E-state index contributed by atoms with van der Waals surface area (Å²) in [5.41, 5.74) is 0. The predicted molar refractivity (Wildman–Crippen MR) is 118 cm³/mol.